The second-order valence-electron chi connectivity index (χ2n) is 6.15. The Morgan fingerprint density at radius 3 is 2.36 bits per heavy atom. The molecule has 1 aromatic carbocycles. The summed E-state index contributed by atoms with van der Waals surface area (Å²) in [6.45, 7) is 8.42. The van der Waals surface area contributed by atoms with Gasteiger partial charge in [0.1, 0.15) is 0 Å². The zero-order valence-electron chi connectivity index (χ0n) is 16.1. The first kappa shape index (κ1) is 21.4. The average molecular weight is 369 g/mol. The molecule has 0 amide bonds. The van der Waals surface area contributed by atoms with Gasteiger partial charge in [0.2, 0.25) is 10.0 Å². The van der Waals surface area contributed by atoms with E-state index in [9.17, 15) is 8.42 Å². The Morgan fingerprint density at radius 1 is 1.16 bits per heavy atom. The van der Waals surface area contributed by atoms with Gasteiger partial charge >= 0.3 is 0 Å². The first-order valence-corrected chi connectivity index (χ1v) is 10.4. The van der Waals surface area contributed by atoms with Crippen molar-refractivity contribution in [2.24, 2.45) is 4.99 Å². The molecule has 1 rings (SSSR count). The van der Waals surface area contributed by atoms with Crippen LogP contribution in [0.2, 0.25) is 0 Å². The van der Waals surface area contributed by atoms with Crippen molar-refractivity contribution in [1.29, 1.82) is 0 Å². The van der Waals surface area contributed by atoms with Crippen LogP contribution in [0.5, 0.6) is 0 Å². The number of nitrogens with zero attached hydrogens (tertiary/aromatic N) is 3. The van der Waals surface area contributed by atoms with E-state index in [4.69, 9.17) is 0 Å². The molecule has 0 spiro atoms. The molecule has 0 bridgehead atoms. The van der Waals surface area contributed by atoms with Crippen LogP contribution in [0.3, 0.4) is 0 Å². The van der Waals surface area contributed by atoms with Crippen LogP contribution in [0.1, 0.15) is 31.4 Å². The van der Waals surface area contributed by atoms with Crippen molar-refractivity contribution in [1.82, 2.24) is 14.5 Å². The van der Waals surface area contributed by atoms with Crippen LogP contribution in [-0.2, 0) is 16.6 Å². The third kappa shape index (κ3) is 7.44. The maximum atomic E-state index is 11.7. The standard InChI is InChI=1S/C18H32N4O2S/c1-6-19-18(20-13-8-14-22(5)25(23,24)7-2)21(4)15-17-11-9-16(3)10-12-17/h9-12H,6-8,13-15H2,1-5H3,(H,19,20). The number of nitrogens with one attached hydrogen (secondary N) is 1. The molecule has 0 aromatic heterocycles. The molecule has 142 valence electrons. The fraction of sp³-hybridized carbons (Fsp3) is 0.611. The van der Waals surface area contributed by atoms with Gasteiger partial charge in [-0.2, -0.15) is 0 Å². The van der Waals surface area contributed by atoms with Gasteiger partial charge in [-0.25, -0.2) is 12.7 Å². The van der Waals surface area contributed by atoms with Crippen LogP contribution in [0.25, 0.3) is 0 Å². The van der Waals surface area contributed by atoms with Crippen molar-refractivity contribution >= 4 is 16.0 Å². The number of aliphatic imine (C=N–C) groups is 1. The molecule has 0 aliphatic carbocycles. The summed E-state index contributed by atoms with van der Waals surface area (Å²) in [6, 6.07) is 8.47. The molecule has 0 heterocycles. The number of hydrogen-bond acceptors (Lipinski definition) is 3. The maximum Gasteiger partial charge on any atom is 0.213 e. The SMILES string of the molecule is CCNC(=NCCCN(C)S(=O)(=O)CC)N(C)Cc1ccc(C)cc1. The second kappa shape index (κ2) is 10.4. The number of aryl methyl sites for hydroxylation is 1. The van der Waals surface area contributed by atoms with Crippen LogP contribution < -0.4 is 5.32 Å². The van der Waals surface area contributed by atoms with Gasteiger partial charge in [-0.05, 0) is 32.8 Å². The van der Waals surface area contributed by atoms with Crippen molar-refractivity contribution in [2.45, 2.75) is 33.7 Å². The van der Waals surface area contributed by atoms with Gasteiger partial charge in [-0.1, -0.05) is 29.8 Å². The Bertz CT molecular complexity index is 642. The summed E-state index contributed by atoms with van der Waals surface area (Å²) in [5, 5.41) is 3.29. The zero-order valence-corrected chi connectivity index (χ0v) is 16.9. The van der Waals surface area contributed by atoms with Gasteiger partial charge in [0.15, 0.2) is 5.96 Å². The fourth-order valence-electron chi connectivity index (χ4n) is 2.35. The highest BCUT2D eigenvalue weighted by atomic mass is 32.2. The summed E-state index contributed by atoms with van der Waals surface area (Å²) in [4.78, 5) is 6.70. The molecule has 0 aliphatic heterocycles. The van der Waals surface area contributed by atoms with Crippen molar-refractivity contribution in [3.05, 3.63) is 35.4 Å². The van der Waals surface area contributed by atoms with Gasteiger partial charge in [0, 0.05) is 40.3 Å². The van der Waals surface area contributed by atoms with Crippen molar-refractivity contribution in [3.63, 3.8) is 0 Å². The lowest BCUT2D eigenvalue weighted by molar-refractivity contribution is 0.459. The Labute approximate surface area is 153 Å². The molecule has 0 unspecified atom stereocenters. The van der Waals surface area contributed by atoms with Crippen LogP contribution in [0, 0.1) is 6.92 Å². The van der Waals surface area contributed by atoms with Crippen molar-refractivity contribution in [3.8, 4) is 0 Å². The predicted molar refractivity (Wildman–Crippen MR) is 105 cm³/mol. The molecule has 7 heteroatoms. The summed E-state index contributed by atoms with van der Waals surface area (Å²) in [7, 11) is 0.520. The van der Waals surface area contributed by atoms with Gasteiger partial charge in [-0.15, -0.1) is 0 Å². The lowest BCUT2D eigenvalue weighted by Gasteiger charge is -2.22. The minimum atomic E-state index is -3.11. The number of hydrogen-bond donors (Lipinski definition) is 1. The third-order valence-corrected chi connectivity index (χ3v) is 5.83. The van der Waals surface area contributed by atoms with Gasteiger partial charge < -0.3 is 10.2 Å². The highest BCUT2D eigenvalue weighted by Crippen LogP contribution is 2.06. The van der Waals surface area contributed by atoms with Crippen LogP contribution in [0.4, 0.5) is 0 Å². The summed E-state index contributed by atoms with van der Waals surface area (Å²) >= 11 is 0. The molecular weight excluding hydrogens is 336 g/mol. The quantitative estimate of drug-likeness (QED) is 0.412. The molecule has 1 aromatic rings. The van der Waals surface area contributed by atoms with Crippen molar-refractivity contribution in [2.75, 3.05) is 39.5 Å². The van der Waals surface area contributed by atoms with E-state index < -0.39 is 10.0 Å². The van der Waals surface area contributed by atoms with E-state index in [2.05, 4.69) is 46.4 Å². The highest BCUT2D eigenvalue weighted by Gasteiger charge is 2.14. The van der Waals surface area contributed by atoms with Crippen LogP contribution in [0.15, 0.2) is 29.3 Å². The average Bonchev–Trinajstić information content (AvgIpc) is 2.59. The van der Waals surface area contributed by atoms with E-state index in [0.717, 1.165) is 19.0 Å². The second-order valence-corrected chi connectivity index (χ2v) is 8.52. The third-order valence-electron chi connectivity index (χ3n) is 3.97. The number of benzene rings is 1. The number of sulfonamides is 1. The highest BCUT2D eigenvalue weighted by molar-refractivity contribution is 7.89. The molecule has 0 saturated heterocycles. The Hall–Kier alpha value is -1.60. The normalized spacial score (nSPS) is 12.5. The molecule has 1 N–H and O–H groups in total. The molecule has 6 nitrogen and oxygen atoms in total. The summed E-state index contributed by atoms with van der Waals surface area (Å²) in [5.74, 6) is 0.971. The molecule has 0 aliphatic rings. The van der Waals surface area contributed by atoms with Gasteiger partial charge in [0.25, 0.3) is 0 Å². The Morgan fingerprint density at radius 2 is 1.80 bits per heavy atom. The zero-order chi connectivity index (χ0) is 18.9. The van der Waals surface area contributed by atoms with E-state index in [1.165, 1.54) is 15.4 Å². The largest absolute Gasteiger partial charge is 0.357 e. The van der Waals surface area contributed by atoms with E-state index in [1.807, 2.05) is 14.0 Å². The summed E-state index contributed by atoms with van der Waals surface area (Å²) in [6.07, 6.45) is 0.697. The summed E-state index contributed by atoms with van der Waals surface area (Å²) < 4.78 is 24.9. The minimum Gasteiger partial charge on any atom is -0.357 e. The molecule has 0 radical (unpaired) electrons. The number of guanidine groups is 1. The van der Waals surface area contributed by atoms with Gasteiger partial charge in [0.05, 0.1) is 5.75 Å². The lowest BCUT2D eigenvalue weighted by atomic mass is 10.1. The van der Waals surface area contributed by atoms with E-state index >= 15 is 0 Å². The van der Waals surface area contributed by atoms with Crippen LogP contribution in [-0.4, -0.2) is 63.1 Å². The Balaban J connectivity index is 2.59. The first-order chi connectivity index (χ1) is 11.8. The smallest absolute Gasteiger partial charge is 0.213 e. The molecular formula is C18H32N4O2S. The molecule has 0 atom stereocenters. The van der Waals surface area contributed by atoms with E-state index in [-0.39, 0.29) is 5.75 Å². The Kier molecular flexibility index (Phi) is 8.92. The lowest BCUT2D eigenvalue weighted by Crippen LogP contribution is -2.38. The van der Waals surface area contributed by atoms with Gasteiger partial charge in [-0.3, -0.25) is 4.99 Å². The predicted octanol–water partition coefficient (Wildman–Crippen LogP) is 2.06. The molecule has 25 heavy (non-hydrogen) atoms. The number of rotatable bonds is 9. The molecule has 0 fully saturated rings. The topological polar surface area (TPSA) is 65.0 Å². The van der Waals surface area contributed by atoms with Crippen LogP contribution >= 0.6 is 0 Å². The summed E-state index contributed by atoms with van der Waals surface area (Å²) in [5.41, 5.74) is 2.48. The monoisotopic (exact) mass is 368 g/mol. The minimum absolute atomic E-state index is 0.134. The van der Waals surface area contributed by atoms with Crippen molar-refractivity contribution < 1.29 is 8.42 Å². The van der Waals surface area contributed by atoms with E-state index in [0.29, 0.717) is 19.5 Å². The molecule has 0 saturated carbocycles. The van der Waals surface area contributed by atoms with E-state index in [1.54, 1.807) is 14.0 Å². The maximum absolute atomic E-state index is 11.7. The fourth-order valence-corrected chi connectivity index (χ4v) is 3.20. The first-order valence-electron chi connectivity index (χ1n) is 8.79.